The molecule has 1 amide bonds. The van der Waals surface area contributed by atoms with E-state index in [1.807, 2.05) is 6.07 Å². The zero-order valence-electron chi connectivity index (χ0n) is 10.8. The molecule has 0 fully saturated rings. The SMILES string of the molecule is N#Cc1cccc(CNC(=O)Cc2cccc(O)c2)c1. The van der Waals surface area contributed by atoms with E-state index in [0.29, 0.717) is 12.1 Å². The molecule has 0 spiro atoms. The topological polar surface area (TPSA) is 73.1 Å². The number of nitrogens with one attached hydrogen (secondary N) is 1. The van der Waals surface area contributed by atoms with E-state index in [-0.39, 0.29) is 18.1 Å². The predicted octanol–water partition coefficient (Wildman–Crippen LogP) is 2.12. The Morgan fingerprint density at radius 1 is 1.15 bits per heavy atom. The average molecular weight is 266 g/mol. The largest absolute Gasteiger partial charge is 0.508 e. The van der Waals surface area contributed by atoms with E-state index in [1.165, 1.54) is 0 Å². The minimum absolute atomic E-state index is 0.127. The summed E-state index contributed by atoms with van der Waals surface area (Å²) in [5.74, 6) is 0.0231. The van der Waals surface area contributed by atoms with Gasteiger partial charge in [-0.25, -0.2) is 0 Å². The number of phenolic OH excluding ortho intramolecular Hbond substituents is 1. The molecule has 100 valence electrons. The molecule has 0 saturated heterocycles. The smallest absolute Gasteiger partial charge is 0.224 e. The predicted molar refractivity (Wildman–Crippen MR) is 74.8 cm³/mol. The van der Waals surface area contributed by atoms with Crippen LogP contribution in [0.25, 0.3) is 0 Å². The highest BCUT2D eigenvalue weighted by atomic mass is 16.3. The lowest BCUT2D eigenvalue weighted by atomic mass is 10.1. The van der Waals surface area contributed by atoms with Crippen molar-refractivity contribution in [3.8, 4) is 11.8 Å². The van der Waals surface area contributed by atoms with Gasteiger partial charge in [0.1, 0.15) is 5.75 Å². The molecule has 2 N–H and O–H groups in total. The summed E-state index contributed by atoms with van der Waals surface area (Å²) >= 11 is 0. The van der Waals surface area contributed by atoms with Crippen molar-refractivity contribution in [1.29, 1.82) is 5.26 Å². The van der Waals surface area contributed by atoms with Gasteiger partial charge in [0.2, 0.25) is 5.91 Å². The lowest BCUT2D eigenvalue weighted by Crippen LogP contribution is -2.24. The van der Waals surface area contributed by atoms with Crippen molar-refractivity contribution in [3.63, 3.8) is 0 Å². The molecule has 0 aromatic heterocycles. The summed E-state index contributed by atoms with van der Waals surface area (Å²) in [7, 11) is 0. The average Bonchev–Trinajstić information content (AvgIpc) is 2.45. The van der Waals surface area contributed by atoms with E-state index >= 15 is 0 Å². The first-order valence-corrected chi connectivity index (χ1v) is 6.21. The number of carbonyl (C=O) groups is 1. The first-order chi connectivity index (χ1) is 9.67. The Balaban J connectivity index is 1.90. The highest BCUT2D eigenvalue weighted by Gasteiger charge is 2.04. The number of aromatic hydroxyl groups is 1. The van der Waals surface area contributed by atoms with Gasteiger partial charge in [0.25, 0.3) is 0 Å². The van der Waals surface area contributed by atoms with Crippen LogP contribution in [0.4, 0.5) is 0 Å². The van der Waals surface area contributed by atoms with Gasteiger partial charge in [-0.2, -0.15) is 5.26 Å². The number of phenols is 1. The van der Waals surface area contributed by atoms with Crippen LogP contribution in [0.15, 0.2) is 48.5 Å². The summed E-state index contributed by atoms with van der Waals surface area (Å²) in [5.41, 5.74) is 2.21. The van der Waals surface area contributed by atoms with Crippen molar-refractivity contribution in [2.24, 2.45) is 0 Å². The van der Waals surface area contributed by atoms with Gasteiger partial charge < -0.3 is 10.4 Å². The summed E-state index contributed by atoms with van der Waals surface area (Å²) in [5, 5.41) is 20.9. The number of nitriles is 1. The molecule has 0 unspecified atom stereocenters. The van der Waals surface area contributed by atoms with Crippen LogP contribution in [0.3, 0.4) is 0 Å². The van der Waals surface area contributed by atoms with Gasteiger partial charge in [-0.1, -0.05) is 24.3 Å². The van der Waals surface area contributed by atoms with E-state index in [0.717, 1.165) is 11.1 Å². The Hall–Kier alpha value is -2.80. The van der Waals surface area contributed by atoms with E-state index < -0.39 is 0 Å². The number of carbonyl (C=O) groups excluding carboxylic acids is 1. The number of rotatable bonds is 4. The second-order valence-electron chi connectivity index (χ2n) is 4.44. The Labute approximate surface area is 117 Å². The molecular weight excluding hydrogens is 252 g/mol. The van der Waals surface area contributed by atoms with E-state index in [4.69, 9.17) is 5.26 Å². The summed E-state index contributed by atoms with van der Waals surface area (Å²) in [6.45, 7) is 0.382. The second-order valence-corrected chi connectivity index (χ2v) is 4.44. The highest BCUT2D eigenvalue weighted by molar-refractivity contribution is 5.78. The molecular formula is C16H14N2O2. The van der Waals surface area contributed by atoms with Crippen LogP contribution in [-0.4, -0.2) is 11.0 Å². The van der Waals surface area contributed by atoms with Crippen molar-refractivity contribution in [2.75, 3.05) is 0 Å². The van der Waals surface area contributed by atoms with E-state index in [2.05, 4.69) is 11.4 Å². The van der Waals surface area contributed by atoms with Crippen LogP contribution >= 0.6 is 0 Å². The molecule has 0 bridgehead atoms. The first-order valence-electron chi connectivity index (χ1n) is 6.21. The molecule has 0 heterocycles. The first kappa shape index (κ1) is 13.6. The van der Waals surface area contributed by atoms with Crippen molar-refractivity contribution in [3.05, 3.63) is 65.2 Å². The molecule has 0 saturated carbocycles. The quantitative estimate of drug-likeness (QED) is 0.890. The molecule has 0 aliphatic carbocycles. The lowest BCUT2D eigenvalue weighted by Gasteiger charge is -2.06. The minimum atomic E-state index is -0.127. The molecule has 0 radical (unpaired) electrons. The third-order valence-corrected chi connectivity index (χ3v) is 2.82. The fraction of sp³-hybridized carbons (Fsp3) is 0.125. The molecule has 2 aromatic rings. The maximum absolute atomic E-state index is 11.8. The van der Waals surface area contributed by atoms with Gasteiger partial charge in [-0.3, -0.25) is 4.79 Å². The standard InChI is InChI=1S/C16H14N2O2/c17-10-13-4-1-5-14(7-13)11-18-16(20)9-12-3-2-6-15(19)8-12/h1-8,19H,9,11H2,(H,18,20). The molecule has 4 nitrogen and oxygen atoms in total. The summed E-state index contributed by atoms with van der Waals surface area (Å²) in [6.07, 6.45) is 0.215. The van der Waals surface area contributed by atoms with Gasteiger partial charge in [-0.15, -0.1) is 0 Å². The number of benzene rings is 2. The fourth-order valence-electron chi connectivity index (χ4n) is 1.87. The van der Waals surface area contributed by atoms with Gasteiger partial charge in [0.05, 0.1) is 18.1 Å². The van der Waals surface area contributed by atoms with Crippen molar-refractivity contribution < 1.29 is 9.90 Å². The minimum Gasteiger partial charge on any atom is -0.508 e. The molecule has 0 atom stereocenters. The number of amides is 1. The zero-order chi connectivity index (χ0) is 14.4. The number of nitrogens with zero attached hydrogens (tertiary/aromatic N) is 1. The third kappa shape index (κ3) is 3.85. The monoisotopic (exact) mass is 266 g/mol. The van der Waals surface area contributed by atoms with Crippen molar-refractivity contribution in [1.82, 2.24) is 5.32 Å². The van der Waals surface area contributed by atoms with E-state index in [9.17, 15) is 9.90 Å². The third-order valence-electron chi connectivity index (χ3n) is 2.82. The molecule has 2 rings (SSSR count). The number of hydrogen-bond donors (Lipinski definition) is 2. The van der Waals surface area contributed by atoms with Gasteiger partial charge in [0, 0.05) is 6.54 Å². The molecule has 0 aliphatic rings. The summed E-state index contributed by atoms with van der Waals surface area (Å²) in [4.78, 5) is 11.8. The Morgan fingerprint density at radius 3 is 2.65 bits per heavy atom. The molecule has 2 aromatic carbocycles. The highest BCUT2D eigenvalue weighted by Crippen LogP contribution is 2.11. The van der Waals surface area contributed by atoms with Crippen LogP contribution < -0.4 is 5.32 Å². The molecule has 20 heavy (non-hydrogen) atoms. The van der Waals surface area contributed by atoms with Crippen LogP contribution in [0.5, 0.6) is 5.75 Å². The summed E-state index contributed by atoms with van der Waals surface area (Å²) < 4.78 is 0. The lowest BCUT2D eigenvalue weighted by molar-refractivity contribution is -0.120. The Bertz CT molecular complexity index is 660. The van der Waals surface area contributed by atoms with Crippen molar-refractivity contribution in [2.45, 2.75) is 13.0 Å². The zero-order valence-corrected chi connectivity index (χ0v) is 10.8. The van der Waals surface area contributed by atoms with Crippen molar-refractivity contribution >= 4 is 5.91 Å². The Morgan fingerprint density at radius 2 is 1.90 bits per heavy atom. The van der Waals surface area contributed by atoms with Gasteiger partial charge in [0.15, 0.2) is 0 Å². The molecule has 4 heteroatoms. The van der Waals surface area contributed by atoms with Crippen LogP contribution in [0.2, 0.25) is 0 Å². The Kier molecular flexibility index (Phi) is 4.35. The number of hydrogen-bond acceptors (Lipinski definition) is 3. The normalized spacial score (nSPS) is 9.75. The maximum Gasteiger partial charge on any atom is 0.224 e. The van der Waals surface area contributed by atoms with Gasteiger partial charge in [-0.05, 0) is 35.4 Å². The van der Waals surface area contributed by atoms with Crippen LogP contribution in [0, 0.1) is 11.3 Å². The fourth-order valence-corrected chi connectivity index (χ4v) is 1.87. The van der Waals surface area contributed by atoms with Gasteiger partial charge >= 0.3 is 0 Å². The molecule has 0 aliphatic heterocycles. The maximum atomic E-state index is 11.8. The van der Waals surface area contributed by atoms with Crippen LogP contribution in [0.1, 0.15) is 16.7 Å². The second kappa shape index (κ2) is 6.39. The summed E-state index contributed by atoms with van der Waals surface area (Å²) in [6, 6.07) is 15.8. The van der Waals surface area contributed by atoms with Crippen LogP contribution in [-0.2, 0) is 17.8 Å². The van der Waals surface area contributed by atoms with E-state index in [1.54, 1.807) is 42.5 Å².